The van der Waals surface area contributed by atoms with Crippen molar-refractivity contribution in [2.24, 2.45) is 0 Å². The zero-order valence-corrected chi connectivity index (χ0v) is 20.0. The highest BCUT2D eigenvalue weighted by Crippen LogP contribution is 2.28. The van der Waals surface area contributed by atoms with Gasteiger partial charge in [0.1, 0.15) is 11.5 Å². The molecule has 3 heterocycles. The van der Waals surface area contributed by atoms with E-state index in [4.69, 9.17) is 9.15 Å². The van der Waals surface area contributed by atoms with E-state index in [0.717, 1.165) is 35.7 Å². The number of ketones is 1. The Balaban J connectivity index is 1.34. The minimum atomic E-state index is -0.0234. The van der Waals surface area contributed by atoms with Crippen LogP contribution in [0.2, 0.25) is 0 Å². The molecule has 178 valence electrons. The first-order valence-corrected chi connectivity index (χ1v) is 12.3. The van der Waals surface area contributed by atoms with Gasteiger partial charge in [-0.3, -0.25) is 14.2 Å². The topological polar surface area (TPSA) is 90.5 Å². The number of nitrogens with zero attached hydrogens (tertiary/aromatic N) is 4. The number of carbonyl (C=O) groups excluding carboxylic acids is 2. The normalized spacial score (nSPS) is 13.4. The monoisotopic (exact) mass is 488 g/mol. The van der Waals surface area contributed by atoms with Crippen LogP contribution in [0.4, 0.5) is 5.69 Å². The van der Waals surface area contributed by atoms with Crippen molar-refractivity contribution in [2.45, 2.75) is 24.5 Å². The zero-order valence-electron chi connectivity index (χ0n) is 19.2. The molecule has 0 radical (unpaired) electrons. The maximum Gasteiger partial charge on any atom is 0.227 e. The van der Waals surface area contributed by atoms with Crippen LogP contribution in [0.15, 0.2) is 76.5 Å². The smallest absolute Gasteiger partial charge is 0.227 e. The van der Waals surface area contributed by atoms with Crippen molar-refractivity contribution in [2.75, 3.05) is 24.3 Å². The molecular formula is C26H24N4O4S. The Kier molecular flexibility index (Phi) is 6.67. The largest absolute Gasteiger partial charge is 0.497 e. The fourth-order valence-corrected chi connectivity index (χ4v) is 4.87. The van der Waals surface area contributed by atoms with Gasteiger partial charge in [0, 0.05) is 29.8 Å². The highest BCUT2D eigenvalue weighted by atomic mass is 32.2. The lowest BCUT2D eigenvalue weighted by atomic mass is 10.1. The fraction of sp³-hybridized carbons (Fsp3) is 0.231. The van der Waals surface area contributed by atoms with Crippen LogP contribution in [0, 0.1) is 0 Å². The molecule has 0 bridgehead atoms. The summed E-state index contributed by atoms with van der Waals surface area (Å²) >= 11 is 1.33. The Bertz CT molecular complexity index is 1330. The second-order valence-corrected chi connectivity index (χ2v) is 9.05. The molecule has 8 nitrogen and oxygen atoms in total. The fourth-order valence-electron chi connectivity index (χ4n) is 4.03. The van der Waals surface area contributed by atoms with Crippen LogP contribution in [0.3, 0.4) is 0 Å². The van der Waals surface area contributed by atoms with E-state index in [1.54, 1.807) is 30.4 Å². The summed E-state index contributed by atoms with van der Waals surface area (Å²) in [5, 5.41) is 9.39. The number of anilines is 1. The Morgan fingerprint density at radius 1 is 1.11 bits per heavy atom. The molecule has 9 heteroatoms. The standard InChI is InChI=1S/C26H24N4O4S/c1-33-21-6-2-5-19(15-21)25-27-28-26(30(25)16-22-7-4-14-34-22)35-17-23(31)18-9-11-20(12-10-18)29-13-3-8-24(29)32/h2,4-7,9-12,14-15H,3,8,13,16-17H2,1H3. The molecule has 0 atom stereocenters. The average molecular weight is 489 g/mol. The van der Waals surface area contributed by atoms with Gasteiger partial charge in [-0.25, -0.2) is 0 Å². The minimum absolute atomic E-state index is 0.0234. The molecule has 0 aliphatic carbocycles. The first kappa shape index (κ1) is 22.9. The lowest BCUT2D eigenvalue weighted by Crippen LogP contribution is -2.23. The molecule has 35 heavy (non-hydrogen) atoms. The molecule has 2 aromatic heterocycles. The lowest BCUT2D eigenvalue weighted by Gasteiger charge is -2.15. The second-order valence-electron chi connectivity index (χ2n) is 8.11. The molecule has 0 spiro atoms. The third-order valence-electron chi connectivity index (χ3n) is 5.85. The number of carbonyl (C=O) groups is 2. The molecule has 4 aromatic rings. The van der Waals surface area contributed by atoms with Gasteiger partial charge in [-0.15, -0.1) is 10.2 Å². The third kappa shape index (κ3) is 5.00. The molecular weight excluding hydrogens is 464 g/mol. The number of thioether (sulfide) groups is 1. The van der Waals surface area contributed by atoms with Crippen LogP contribution in [0.5, 0.6) is 5.75 Å². The molecule has 5 rings (SSSR count). The number of amides is 1. The number of methoxy groups -OCH3 is 1. The van der Waals surface area contributed by atoms with Crippen LogP contribution in [-0.2, 0) is 11.3 Å². The average Bonchev–Trinajstić information content (AvgIpc) is 3.65. The van der Waals surface area contributed by atoms with Gasteiger partial charge >= 0.3 is 0 Å². The number of aromatic nitrogens is 3. The summed E-state index contributed by atoms with van der Waals surface area (Å²) in [5.41, 5.74) is 2.28. The van der Waals surface area contributed by atoms with E-state index >= 15 is 0 Å². The van der Waals surface area contributed by atoms with E-state index in [1.165, 1.54) is 11.8 Å². The van der Waals surface area contributed by atoms with Crippen LogP contribution in [0.25, 0.3) is 11.4 Å². The van der Waals surface area contributed by atoms with Crippen molar-refractivity contribution >= 4 is 29.1 Å². The SMILES string of the molecule is COc1cccc(-c2nnc(SCC(=O)c3ccc(N4CCCC4=O)cc3)n2Cc2ccco2)c1. The number of rotatable bonds is 9. The number of hydrogen-bond donors (Lipinski definition) is 0. The minimum Gasteiger partial charge on any atom is -0.497 e. The Hall–Kier alpha value is -3.85. The van der Waals surface area contributed by atoms with E-state index in [2.05, 4.69) is 10.2 Å². The third-order valence-corrected chi connectivity index (χ3v) is 6.81. The lowest BCUT2D eigenvalue weighted by molar-refractivity contribution is -0.117. The number of furan rings is 1. The molecule has 1 fully saturated rings. The molecule has 0 N–H and O–H groups in total. The van der Waals surface area contributed by atoms with Gasteiger partial charge in [-0.2, -0.15) is 0 Å². The number of benzene rings is 2. The molecule has 0 unspecified atom stereocenters. The number of hydrogen-bond acceptors (Lipinski definition) is 7. The van der Waals surface area contributed by atoms with Gasteiger partial charge in [0.05, 0.1) is 25.7 Å². The van der Waals surface area contributed by atoms with E-state index in [1.807, 2.05) is 53.1 Å². The van der Waals surface area contributed by atoms with Gasteiger partial charge in [-0.1, -0.05) is 23.9 Å². The van der Waals surface area contributed by atoms with E-state index in [-0.39, 0.29) is 17.4 Å². The van der Waals surface area contributed by atoms with Crippen molar-refractivity contribution in [1.82, 2.24) is 14.8 Å². The predicted octanol–water partition coefficient (Wildman–Crippen LogP) is 4.70. The van der Waals surface area contributed by atoms with Gasteiger partial charge in [0.25, 0.3) is 0 Å². The van der Waals surface area contributed by atoms with Crippen molar-refractivity contribution in [3.63, 3.8) is 0 Å². The highest BCUT2D eigenvalue weighted by molar-refractivity contribution is 7.99. The summed E-state index contributed by atoms with van der Waals surface area (Å²) in [6, 6.07) is 18.6. The maximum atomic E-state index is 12.9. The van der Waals surface area contributed by atoms with E-state index in [9.17, 15) is 9.59 Å². The van der Waals surface area contributed by atoms with Crippen LogP contribution in [0.1, 0.15) is 29.0 Å². The first-order valence-electron chi connectivity index (χ1n) is 11.3. The summed E-state index contributed by atoms with van der Waals surface area (Å²) in [5.74, 6) is 2.45. The zero-order chi connectivity index (χ0) is 24.2. The summed E-state index contributed by atoms with van der Waals surface area (Å²) in [6.45, 7) is 1.16. The molecule has 1 saturated heterocycles. The first-order chi connectivity index (χ1) is 17.1. The summed E-state index contributed by atoms with van der Waals surface area (Å²) < 4.78 is 12.8. The van der Waals surface area contributed by atoms with Crippen molar-refractivity contribution < 1.29 is 18.7 Å². The molecule has 1 aliphatic heterocycles. The Labute approximate surface area is 206 Å². The quantitative estimate of drug-likeness (QED) is 0.249. The Morgan fingerprint density at radius 3 is 2.69 bits per heavy atom. The van der Waals surface area contributed by atoms with Gasteiger partial charge < -0.3 is 14.1 Å². The van der Waals surface area contributed by atoms with Gasteiger partial charge in [0.15, 0.2) is 16.8 Å². The number of ether oxygens (including phenoxy) is 1. The highest BCUT2D eigenvalue weighted by Gasteiger charge is 2.22. The summed E-state index contributed by atoms with van der Waals surface area (Å²) in [4.78, 5) is 26.6. The molecule has 1 aliphatic rings. The van der Waals surface area contributed by atoms with Crippen LogP contribution >= 0.6 is 11.8 Å². The van der Waals surface area contributed by atoms with Crippen LogP contribution in [-0.4, -0.2) is 45.9 Å². The van der Waals surface area contributed by atoms with E-state index in [0.29, 0.717) is 29.5 Å². The van der Waals surface area contributed by atoms with Gasteiger partial charge in [-0.05, 0) is 55.0 Å². The molecule has 2 aromatic carbocycles. The second kappa shape index (κ2) is 10.2. The maximum absolute atomic E-state index is 12.9. The van der Waals surface area contributed by atoms with Crippen LogP contribution < -0.4 is 9.64 Å². The van der Waals surface area contributed by atoms with E-state index < -0.39 is 0 Å². The predicted molar refractivity (Wildman–Crippen MR) is 133 cm³/mol. The number of Topliss-reactive ketones (excluding diaryl/α,β-unsaturated/α-hetero) is 1. The molecule has 0 saturated carbocycles. The van der Waals surface area contributed by atoms with Crippen molar-refractivity contribution in [3.8, 4) is 17.1 Å². The Morgan fingerprint density at radius 2 is 1.97 bits per heavy atom. The van der Waals surface area contributed by atoms with Crippen molar-refractivity contribution in [1.29, 1.82) is 0 Å². The van der Waals surface area contributed by atoms with Crippen molar-refractivity contribution in [3.05, 3.63) is 78.3 Å². The summed E-state index contributed by atoms with van der Waals surface area (Å²) in [7, 11) is 1.62. The molecule has 1 amide bonds. The summed E-state index contributed by atoms with van der Waals surface area (Å²) in [6.07, 6.45) is 3.07. The van der Waals surface area contributed by atoms with Gasteiger partial charge in [0.2, 0.25) is 5.91 Å².